The van der Waals surface area contributed by atoms with Crippen molar-refractivity contribution < 1.29 is 4.79 Å². The van der Waals surface area contributed by atoms with Gasteiger partial charge in [0.15, 0.2) is 0 Å². The maximum Gasteiger partial charge on any atom is 0.270 e. The van der Waals surface area contributed by atoms with Crippen LogP contribution in [0.1, 0.15) is 28.2 Å². The van der Waals surface area contributed by atoms with Gasteiger partial charge in [0.05, 0.1) is 0 Å². The molecule has 3 aromatic rings. The first-order valence-corrected chi connectivity index (χ1v) is 9.60. The molecule has 148 valence electrons. The van der Waals surface area contributed by atoms with Crippen LogP contribution in [-0.4, -0.2) is 59.5 Å². The van der Waals surface area contributed by atoms with Crippen LogP contribution in [0.15, 0.2) is 36.5 Å². The van der Waals surface area contributed by atoms with E-state index in [9.17, 15) is 4.79 Å². The van der Waals surface area contributed by atoms with E-state index < -0.39 is 0 Å². The van der Waals surface area contributed by atoms with Crippen LogP contribution in [0.5, 0.6) is 0 Å². The van der Waals surface area contributed by atoms with Gasteiger partial charge in [-0.2, -0.15) is 0 Å². The van der Waals surface area contributed by atoms with Gasteiger partial charge >= 0.3 is 0 Å². The molecule has 2 aromatic heterocycles. The Labute approximate surface area is 165 Å². The summed E-state index contributed by atoms with van der Waals surface area (Å²) < 4.78 is 0. The number of H-pyrrole nitrogens is 1. The molecule has 0 saturated carbocycles. The number of amides is 1. The molecule has 0 spiro atoms. The first kappa shape index (κ1) is 19.8. The Morgan fingerprint density at radius 3 is 2.82 bits per heavy atom. The molecule has 1 amide bonds. The molecule has 0 unspecified atom stereocenters. The average Bonchev–Trinajstić information content (AvgIpc) is 3.08. The van der Waals surface area contributed by atoms with E-state index in [2.05, 4.69) is 36.6 Å². The number of anilines is 1. The molecule has 3 rings (SSSR count). The zero-order valence-electron chi connectivity index (χ0n) is 16.7. The van der Waals surface area contributed by atoms with E-state index in [0.29, 0.717) is 18.2 Å². The van der Waals surface area contributed by atoms with Crippen molar-refractivity contribution in [3.05, 3.63) is 53.5 Å². The van der Waals surface area contributed by atoms with Crippen LogP contribution in [0, 0.1) is 6.92 Å². The predicted molar refractivity (Wildman–Crippen MR) is 113 cm³/mol. The van der Waals surface area contributed by atoms with E-state index >= 15 is 0 Å². The van der Waals surface area contributed by atoms with E-state index in [-0.39, 0.29) is 5.91 Å². The number of aromatic nitrogens is 3. The number of carbonyl (C=O) groups is 1. The number of nitrogens with zero attached hydrogens (tertiary/aromatic N) is 3. The smallest absolute Gasteiger partial charge is 0.270 e. The summed E-state index contributed by atoms with van der Waals surface area (Å²) in [6.45, 7) is 4.17. The van der Waals surface area contributed by atoms with Crippen molar-refractivity contribution in [1.82, 2.24) is 25.2 Å². The Kier molecular flexibility index (Phi) is 6.60. The normalized spacial score (nSPS) is 11.1. The number of carbonyl (C=O) groups excluding carboxylic acids is 1. The Hall–Kier alpha value is -2.93. The van der Waals surface area contributed by atoms with E-state index in [1.54, 1.807) is 6.07 Å². The Morgan fingerprint density at radius 1 is 1.18 bits per heavy atom. The maximum absolute atomic E-state index is 12.5. The number of aromatic amines is 1. The average molecular weight is 380 g/mol. The van der Waals surface area contributed by atoms with E-state index in [1.165, 1.54) is 10.9 Å². The van der Waals surface area contributed by atoms with Crippen molar-refractivity contribution in [3.63, 3.8) is 0 Å². The lowest BCUT2D eigenvalue weighted by atomic mass is 10.1. The number of rotatable bonds is 9. The monoisotopic (exact) mass is 380 g/mol. The summed E-state index contributed by atoms with van der Waals surface area (Å²) in [4.78, 5) is 26.6. The number of nitrogens with one attached hydrogen (secondary N) is 3. The molecular formula is C21H28N6O. The predicted octanol–water partition coefficient (Wildman–Crippen LogP) is 2.60. The molecule has 0 aliphatic carbocycles. The van der Waals surface area contributed by atoms with Crippen molar-refractivity contribution >= 4 is 22.8 Å². The minimum Gasteiger partial charge on any atom is -0.361 e. The minimum atomic E-state index is -0.179. The van der Waals surface area contributed by atoms with Crippen LogP contribution >= 0.6 is 0 Å². The summed E-state index contributed by atoms with van der Waals surface area (Å²) in [6.07, 6.45) is 3.74. The van der Waals surface area contributed by atoms with Crippen LogP contribution in [0.4, 0.5) is 5.95 Å². The zero-order chi connectivity index (χ0) is 19.9. The first-order valence-electron chi connectivity index (χ1n) is 9.60. The van der Waals surface area contributed by atoms with Crippen LogP contribution in [0.25, 0.3) is 10.9 Å². The van der Waals surface area contributed by atoms with Gasteiger partial charge in [-0.25, -0.2) is 9.97 Å². The third-order valence-corrected chi connectivity index (χ3v) is 4.51. The van der Waals surface area contributed by atoms with Gasteiger partial charge in [0.25, 0.3) is 5.91 Å². The zero-order valence-corrected chi connectivity index (χ0v) is 16.7. The van der Waals surface area contributed by atoms with Gasteiger partial charge in [-0.3, -0.25) is 4.79 Å². The minimum absolute atomic E-state index is 0.179. The molecule has 2 heterocycles. The number of aryl methyl sites for hydroxylation is 1. The lowest BCUT2D eigenvalue weighted by Crippen LogP contribution is -2.27. The largest absolute Gasteiger partial charge is 0.361 e. The highest BCUT2D eigenvalue weighted by atomic mass is 16.1. The van der Waals surface area contributed by atoms with Gasteiger partial charge in [-0.1, -0.05) is 18.2 Å². The Morgan fingerprint density at radius 2 is 2.00 bits per heavy atom. The van der Waals surface area contributed by atoms with Crippen LogP contribution in [-0.2, 0) is 6.42 Å². The van der Waals surface area contributed by atoms with Gasteiger partial charge in [0, 0.05) is 35.9 Å². The van der Waals surface area contributed by atoms with Crippen LogP contribution < -0.4 is 10.6 Å². The van der Waals surface area contributed by atoms with Gasteiger partial charge in [0.2, 0.25) is 5.95 Å². The fourth-order valence-electron chi connectivity index (χ4n) is 3.10. The van der Waals surface area contributed by atoms with Gasteiger partial charge in [-0.15, -0.1) is 0 Å². The van der Waals surface area contributed by atoms with E-state index in [4.69, 9.17) is 0 Å². The second kappa shape index (κ2) is 9.32. The highest BCUT2D eigenvalue weighted by Crippen LogP contribution is 2.17. The highest BCUT2D eigenvalue weighted by molar-refractivity contribution is 5.92. The third-order valence-electron chi connectivity index (χ3n) is 4.51. The van der Waals surface area contributed by atoms with E-state index in [0.717, 1.165) is 37.1 Å². The molecule has 7 nitrogen and oxygen atoms in total. The van der Waals surface area contributed by atoms with Gasteiger partial charge < -0.3 is 20.5 Å². The fourth-order valence-corrected chi connectivity index (χ4v) is 3.10. The molecular weight excluding hydrogens is 352 g/mol. The highest BCUT2D eigenvalue weighted by Gasteiger charge is 2.11. The Balaban J connectivity index is 1.54. The van der Waals surface area contributed by atoms with Gasteiger partial charge in [-0.05, 0) is 58.1 Å². The molecule has 3 N–H and O–H groups in total. The summed E-state index contributed by atoms with van der Waals surface area (Å²) in [7, 11) is 4.09. The van der Waals surface area contributed by atoms with Crippen molar-refractivity contribution in [2.75, 3.05) is 39.0 Å². The molecule has 0 aliphatic rings. The lowest BCUT2D eigenvalue weighted by molar-refractivity contribution is 0.0949. The molecule has 7 heteroatoms. The topological polar surface area (TPSA) is 85.9 Å². The maximum atomic E-state index is 12.5. The van der Waals surface area contributed by atoms with Crippen molar-refractivity contribution in [2.24, 2.45) is 0 Å². The SMILES string of the molecule is Cc1cc(C(=O)NCCc2c[nH]c3ccccc23)nc(NCCCN(C)C)n1. The summed E-state index contributed by atoms with van der Waals surface area (Å²) in [5.74, 6) is 0.321. The summed E-state index contributed by atoms with van der Waals surface area (Å²) in [5.41, 5.74) is 3.46. The molecule has 1 aromatic carbocycles. The third kappa shape index (κ3) is 5.29. The van der Waals surface area contributed by atoms with Crippen molar-refractivity contribution in [3.8, 4) is 0 Å². The standard InChI is InChI=1S/C21H28N6O/c1-15-13-19(26-21(25-15)23-10-6-12-27(2)3)20(28)22-11-9-16-14-24-18-8-5-4-7-17(16)18/h4-5,7-8,13-14,24H,6,9-12H2,1-3H3,(H,22,28)(H,23,25,26). The molecule has 28 heavy (non-hydrogen) atoms. The molecule has 0 bridgehead atoms. The van der Waals surface area contributed by atoms with Gasteiger partial charge in [0.1, 0.15) is 5.69 Å². The molecule has 0 fully saturated rings. The molecule has 0 saturated heterocycles. The summed E-state index contributed by atoms with van der Waals surface area (Å²) >= 11 is 0. The first-order chi connectivity index (χ1) is 13.5. The molecule has 0 atom stereocenters. The molecule has 0 aliphatic heterocycles. The number of fused-ring (bicyclic) bond motifs is 1. The number of hydrogen-bond donors (Lipinski definition) is 3. The number of benzene rings is 1. The summed E-state index contributed by atoms with van der Waals surface area (Å²) in [5, 5.41) is 7.36. The number of hydrogen-bond acceptors (Lipinski definition) is 5. The lowest BCUT2D eigenvalue weighted by Gasteiger charge is -2.11. The van der Waals surface area contributed by atoms with E-state index in [1.807, 2.05) is 45.4 Å². The molecule has 0 radical (unpaired) electrons. The van der Waals surface area contributed by atoms with Crippen LogP contribution in [0.3, 0.4) is 0 Å². The fraction of sp³-hybridized carbons (Fsp3) is 0.381. The van der Waals surface area contributed by atoms with Crippen LogP contribution in [0.2, 0.25) is 0 Å². The second-order valence-electron chi connectivity index (χ2n) is 7.17. The Bertz CT molecular complexity index is 934. The quantitative estimate of drug-likeness (QED) is 0.497. The number of para-hydroxylation sites is 1. The van der Waals surface area contributed by atoms with Crippen molar-refractivity contribution in [2.45, 2.75) is 19.8 Å². The summed E-state index contributed by atoms with van der Waals surface area (Å²) in [6, 6.07) is 9.88. The second-order valence-corrected chi connectivity index (χ2v) is 7.17. The van der Waals surface area contributed by atoms with Crippen molar-refractivity contribution in [1.29, 1.82) is 0 Å².